The van der Waals surface area contributed by atoms with E-state index in [-0.39, 0.29) is 36.6 Å². The Morgan fingerprint density at radius 2 is 1.82 bits per heavy atom. The predicted molar refractivity (Wildman–Crippen MR) is 153 cm³/mol. The van der Waals surface area contributed by atoms with E-state index in [2.05, 4.69) is 15.6 Å². The number of amides is 2. The summed E-state index contributed by atoms with van der Waals surface area (Å²) in [6.07, 6.45) is 2.79. The SMILES string of the molecule is Cc1cc(C)c(CNC(=O)c2cc(Cl)c3c(c2C)COC(C)(C2CCC(NC(=O)OC(C)(C)C)CC2)O3)c(=O)[nH]1. The Kier molecular flexibility index (Phi) is 8.57. The van der Waals surface area contributed by atoms with Crippen molar-refractivity contribution in [3.63, 3.8) is 0 Å². The van der Waals surface area contributed by atoms with Gasteiger partial charge in [0, 0.05) is 47.8 Å². The normalized spacial score (nSPS) is 22.6. The standard InChI is InChI=1S/C30H40ClN3O6/c1-16-12-17(2)33-27(36)22(16)14-32-26(35)21-13-24(31)25-23(18(21)3)15-38-30(7,39-25)19-8-10-20(11-9-19)34-28(37)40-29(4,5)6/h12-13,19-20H,8-11,14-15H2,1-7H3,(H,32,35)(H,33,36)(H,34,37). The molecule has 10 heteroatoms. The number of carbonyl (C=O) groups excluding carboxylic acids is 2. The van der Waals surface area contributed by atoms with Crippen LogP contribution in [-0.4, -0.2) is 34.4 Å². The van der Waals surface area contributed by atoms with E-state index in [0.29, 0.717) is 21.9 Å². The summed E-state index contributed by atoms with van der Waals surface area (Å²) in [5, 5.41) is 6.16. The molecule has 3 N–H and O–H groups in total. The molecule has 0 saturated heterocycles. The van der Waals surface area contributed by atoms with Crippen LogP contribution >= 0.6 is 11.6 Å². The van der Waals surface area contributed by atoms with Gasteiger partial charge in [0.15, 0.2) is 0 Å². The second-order valence-electron chi connectivity index (χ2n) is 12.1. The lowest BCUT2D eigenvalue weighted by molar-refractivity contribution is -0.231. The molecule has 40 heavy (non-hydrogen) atoms. The Bertz CT molecular complexity index is 1360. The first-order valence-electron chi connectivity index (χ1n) is 13.8. The largest absolute Gasteiger partial charge is 0.460 e. The lowest BCUT2D eigenvalue weighted by atomic mass is 9.81. The van der Waals surface area contributed by atoms with Gasteiger partial charge in [0.05, 0.1) is 11.6 Å². The first kappa shape index (κ1) is 29.9. The van der Waals surface area contributed by atoms with Gasteiger partial charge in [-0.2, -0.15) is 0 Å². The van der Waals surface area contributed by atoms with Crippen LogP contribution in [0.3, 0.4) is 0 Å². The van der Waals surface area contributed by atoms with Gasteiger partial charge in [-0.25, -0.2) is 4.79 Å². The fourth-order valence-corrected chi connectivity index (χ4v) is 5.81. The summed E-state index contributed by atoms with van der Waals surface area (Å²) in [5.41, 5.74) is 3.22. The van der Waals surface area contributed by atoms with Crippen molar-refractivity contribution in [2.45, 2.75) is 105 Å². The molecule has 0 spiro atoms. The van der Waals surface area contributed by atoms with E-state index < -0.39 is 17.5 Å². The number of hydrogen-bond donors (Lipinski definition) is 3. The van der Waals surface area contributed by atoms with Crippen molar-refractivity contribution in [1.82, 2.24) is 15.6 Å². The minimum atomic E-state index is -0.881. The first-order chi connectivity index (χ1) is 18.7. The Morgan fingerprint density at radius 3 is 2.45 bits per heavy atom. The summed E-state index contributed by atoms with van der Waals surface area (Å²) in [5.74, 6) is -0.573. The molecule has 0 bridgehead atoms. The zero-order chi connectivity index (χ0) is 29.4. The molecule has 1 aromatic carbocycles. The molecule has 0 radical (unpaired) electrons. The van der Waals surface area contributed by atoms with Crippen molar-refractivity contribution >= 4 is 23.6 Å². The molecule has 1 unspecified atom stereocenters. The highest BCUT2D eigenvalue weighted by atomic mass is 35.5. The highest BCUT2D eigenvalue weighted by Gasteiger charge is 2.44. The highest BCUT2D eigenvalue weighted by Crippen LogP contribution is 2.45. The minimum Gasteiger partial charge on any atom is -0.460 e. The second-order valence-corrected chi connectivity index (χ2v) is 12.5. The molecular formula is C30H40ClN3O6. The average Bonchev–Trinajstić information content (AvgIpc) is 2.84. The number of fused-ring (bicyclic) bond motifs is 1. The molecule has 2 amide bonds. The number of hydrogen-bond acceptors (Lipinski definition) is 6. The van der Waals surface area contributed by atoms with E-state index in [0.717, 1.165) is 48.1 Å². The molecule has 1 saturated carbocycles. The zero-order valence-electron chi connectivity index (χ0n) is 24.4. The van der Waals surface area contributed by atoms with Crippen molar-refractivity contribution in [3.05, 3.63) is 61.0 Å². The van der Waals surface area contributed by atoms with Crippen LogP contribution in [0.4, 0.5) is 4.79 Å². The van der Waals surface area contributed by atoms with Crippen LogP contribution in [0, 0.1) is 26.7 Å². The molecule has 9 nitrogen and oxygen atoms in total. The zero-order valence-corrected chi connectivity index (χ0v) is 25.1. The fourth-order valence-electron chi connectivity index (χ4n) is 5.55. The summed E-state index contributed by atoms with van der Waals surface area (Å²) in [4.78, 5) is 40.4. The Balaban J connectivity index is 1.42. The number of benzene rings is 1. The van der Waals surface area contributed by atoms with Gasteiger partial charge >= 0.3 is 6.09 Å². The molecule has 1 aliphatic heterocycles. The number of aryl methyl sites for hydroxylation is 2. The van der Waals surface area contributed by atoms with Gasteiger partial charge in [-0.05, 0) is 90.5 Å². The Morgan fingerprint density at radius 1 is 1.15 bits per heavy atom. The number of alkyl carbamates (subject to hydrolysis) is 1. The molecular weight excluding hydrogens is 534 g/mol. The second kappa shape index (κ2) is 11.4. The third-order valence-corrected chi connectivity index (χ3v) is 8.06. The van der Waals surface area contributed by atoms with Crippen LogP contribution < -0.4 is 20.9 Å². The van der Waals surface area contributed by atoms with Crippen molar-refractivity contribution in [2.24, 2.45) is 5.92 Å². The van der Waals surface area contributed by atoms with Crippen molar-refractivity contribution < 1.29 is 23.8 Å². The highest BCUT2D eigenvalue weighted by molar-refractivity contribution is 6.32. The summed E-state index contributed by atoms with van der Waals surface area (Å²) < 4.78 is 18.1. The fraction of sp³-hybridized carbons (Fsp3) is 0.567. The van der Waals surface area contributed by atoms with Crippen LogP contribution in [-0.2, 0) is 22.6 Å². The van der Waals surface area contributed by atoms with Gasteiger partial charge in [-0.15, -0.1) is 0 Å². The summed E-state index contributed by atoms with van der Waals surface area (Å²) in [6.45, 7) is 13.3. The average molecular weight is 574 g/mol. The lowest BCUT2D eigenvalue weighted by Gasteiger charge is -2.44. The number of halogens is 1. The van der Waals surface area contributed by atoms with Crippen LogP contribution in [0.2, 0.25) is 5.02 Å². The molecule has 2 aromatic rings. The van der Waals surface area contributed by atoms with Crippen molar-refractivity contribution in [3.8, 4) is 5.75 Å². The monoisotopic (exact) mass is 573 g/mol. The smallest absolute Gasteiger partial charge is 0.407 e. The van der Waals surface area contributed by atoms with Crippen molar-refractivity contribution in [2.75, 3.05) is 0 Å². The number of pyridine rings is 1. The molecule has 1 aliphatic carbocycles. The van der Waals surface area contributed by atoms with E-state index in [4.69, 9.17) is 25.8 Å². The van der Waals surface area contributed by atoms with Crippen LogP contribution in [0.1, 0.15) is 91.7 Å². The number of carbonyl (C=O) groups is 2. The predicted octanol–water partition coefficient (Wildman–Crippen LogP) is 5.59. The third-order valence-electron chi connectivity index (χ3n) is 7.78. The molecule has 218 valence electrons. The minimum absolute atomic E-state index is 0.0387. The first-order valence-corrected chi connectivity index (χ1v) is 14.2. The van der Waals surface area contributed by atoms with E-state index in [9.17, 15) is 14.4 Å². The molecule has 2 heterocycles. The molecule has 2 aliphatic rings. The van der Waals surface area contributed by atoms with E-state index in [1.807, 2.05) is 54.5 Å². The van der Waals surface area contributed by atoms with Gasteiger partial charge in [0.25, 0.3) is 11.5 Å². The van der Waals surface area contributed by atoms with Gasteiger partial charge in [0.1, 0.15) is 11.4 Å². The quantitative estimate of drug-likeness (QED) is 0.429. The van der Waals surface area contributed by atoms with E-state index in [1.165, 1.54) is 0 Å². The third kappa shape index (κ3) is 6.63. The molecule has 4 rings (SSSR count). The van der Waals surface area contributed by atoms with Gasteiger partial charge in [-0.3, -0.25) is 9.59 Å². The van der Waals surface area contributed by atoms with Gasteiger partial charge < -0.3 is 29.8 Å². The van der Waals surface area contributed by atoms with Gasteiger partial charge in [0.2, 0.25) is 5.79 Å². The summed E-state index contributed by atoms with van der Waals surface area (Å²) in [7, 11) is 0. The Labute approximate surface area is 240 Å². The summed E-state index contributed by atoms with van der Waals surface area (Å²) in [6, 6.07) is 3.53. The lowest BCUT2D eigenvalue weighted by Crippen LogP contribution is -2.49. The number of H-pyrrole nitrogens is 1. The van der Waals surface area contributed by atoms with E-state index >= 15 is 0 Å². The maximum Gasteiger partial charge on any atom is 0.407 e. The van der Waals surface area contributed by atoms with Gasteiger partial charge in [-0.1, -0.05) is 11.6 Å². The van der Waals surface area contributed by atoms with Crippen LogP contribution in [0.5, 0.6) is 5.75 Å². The maximum absolute atomic E-state index is 13.1. The van der Waals surface area contributed by atoms with Crippen LogP contribution in [0.15, 0.2) is 16.9 Å². The number of nitrogens with one attached hydrogen (secondary N) is 3. The molecule has 1 fully saturated rings. The topological polar surface area (TPSA) is 119 Å². The van der Waals surface area contributed by atoms with E-state index in [1.54, 1.807) is 6.07 Å². The number of aromatic nitrogens is 1. The Hall–Kier alpha value is -3.04. The van der Waals surface area contributed by atoms with Crippen molar-refractivity contribution in [1.29, 1.82) is 0 Å². The molecule has 1 aromatic heterocycles. The number of rotatable bonds is 5. The molecule has 1 atom stereocenters. The van der Waals surface area contributed by atoms with Crippen LogP contribution in [0.25, 0.3) is 0 Å². The number of aromatic amines is 1. The number of ether oxygens (including phenoxy) is 3. The maximum atomic E-state index is 13.1. The summed E-state index contributed by atoms with van der Waals surface area (Å²) >= 11 is 6.67.